The summed E-state index contributed by atoms with van der Waals surface area (Å²) in [6, 6.07) is 6.34. The molecule has 7 heteroatoms. The first-order valence-corrected chi connectivity index (χ1v) is 7.78. The SMILES string of the molecule is O=S(=O)(NCc1ncc[nH]1)c1cccc(C#CCCO)c1. The number of hydrogen-bond donors (Lipinski definition) is 3. The molecule has 0 saturated heterocycles. The second kappa shape index (κ2) is 7.04. The van der Waals surface area contributed by atoms with Crippen molar-refractivity contribution in [3.05, 3.63) is 48.0 Å². The third kappa shape index (κ3) is 4.43. The summed E-state index contributed by atoms with van der Waals surface area (Å²) in [6.07, 6.45) is 3.54. The molecule has 0 aliphatic heterocycles. The highest BCUT2D eigenvalue weighted by Crippen LogP contribution is 2.11. The minimum Gasteiger partial charge on any atom is -0.395 e. The zero-order chi connectivity index (χ0) is 15.1. The Morgan fingerprint density at radius 2 is 2.24 bits per heavy atom. The van der Waals surface area contributed by atoms with E-state index in [1.54, 1.807) is 24.5 Å². The lowest BCUT2D eigenvalue weighted by atomic mass is 10.2. The molecule has 6 nitrogen and oxygen atoms in total. The van der Waals surface area contributed by atoms with Gasteiger partial charge in [0.05, 0.1) is 18.0 Å². The Morgan fingerprint density at radius 1 is 1.38 bits per heavy atom. The van der Waals surface area contributed by atoms with Crippen LogP contribution in [0.1, 0.15) is 17.8 Å². The van der Waals surface area contributed by atoms with E-state index in [0.717, 1.165) is 0 Å². The van der Waals surface area contributed by atoms with Gasteiger partial charge in [0.1, 0.15) is 5.82 Å². The fraction of sp³-hybridized carbons (Fsp3) is 0.214. The van der Waals surface area contributed by atoms with Crippen LogP contribution in [-0.4, -0.2) is 30.1 Å². The fourth-order valence-corrected chi connectivity index (χ4v) is 2.64. The summed E-state index contributed by atoms with van der Waals surface area (Å²) in [6.45, 7) is 0.0748. The Balaban J connectivity index is 2.12. The Hall–Kier alpha value is -2.14. The maximum atomic E-state index is 12.2. The Bertz CT molecular complexity index is 743. The van der Waals surface area contributed by atoms with E-state index in [0.29, 0.717) is 17.8 Å². The summed E-state index contributed by atoms with van der Waals surface area (Å²) in [7, 11) is -3.62. The van der Waals surface area contributed by atoms with E-state index in [2.05, 4.69) is 26.5 Å². The molecule has 0 spiro atoms. The van der Waals surface area contributed by atoms with Gasteiger partial charge in [0.15, 0.2) is 0 Å². The highest BCUT2D eigenvalue weighted by molar-refractivity contribution is 7.89. The molecular formula is C14H15N3O3S. The Labute approximate surface area is 123 Å². The predicted octanol–water partition coefficient (Wildman–Crippen LogP) is 0.622. The molecule has 2 rings (SSSR count). The summed E-state index contributed by atoms with van der Waals surface area (Å²) in [4.78, 5) is 6.92. The minimum absolute atomic E-state index is 0.0182. The first kappa shape index (κ1) is 15.3. The highest BCUT2D eigenvalue weighted by atomic mass is 32.2. The molecule has 0 radical (unpaired) electrons. The van der Waals surface area contributed by atoms with Crippen molar-refractivity contribution in [1.82, 2.24) is 14.7 Å². The topological polar surface area (TPSA) is 95.1 Å². The first-order chi connectivity index (χ1) is 10.1. The van der Waals surface area contributed by atoms with Gasteiger partial charge in [-0.1, -0.05) is 17.9 Å². The van der Waals surface area contributed by atoms with Gasteiger partial charge in [-0.15, -0.1) is 0 Å². The van der Waals surface area contributed by atoms with Crippen molar-refractivity contribution in [1.29, 1.82) is 0 Å². The maximum Gasteiger partial charge on any atom is 0.241 e. The van der Waals surface area contributed by atoms with Crippen LogP contribution in [0.25, 0.3) is 0 Å². The Morgan fingerprint density at radius 3 is 2.95 bits per heavy atom. The number of aliphatic hydroxyl groups is 1. The van der Waals surface area contributed by atoms with Crippen molar-refractivity contribution >= 4 is 10.0 Å². The van der Waals surface area contributed by atoms with Gasteiger partial charge in [-0.2, -0.15) is 0 Å². The average molecular weight is 305 g/mol. The number of nitrogens with one attached hydrogen (secondary N) is 2. The molecule has 2 aromatic rings. The van der Waals surface area contributed by atoms with Gasteiger partial charge >= 0.3 is 0 Å². The van der Waals surface area contributed by atoms with Crippen LogP contribution >= 0.6 is 0 Å². The standard InChI is InChI=1S/C14H15N3O3S/c18-9-2-1-4-12-5-3-6-13(10-12)21(19,20)17-11-14-15-7-8-16-14/h3,5-8,10,17-18H,2,9,11H2,(H,15,16). The van der Waals surface area contributed by atoms with Gasteiger partial charge in [-0.25, -0.2) is 18.1 Å². The summed E-state index contributed by atoms with van der Waals surface area (Å²) >= 11 is 0. The molecule has 0 aliphatic carbocycles. The zero-order valence-corrected chi connectivity index (χ0v) is 12.0. The van der Waals surface area contributed by atoms with Crippen molar-refractivity contribution in [2.75, 3.05) is 6.61 Å². The van der Waals surface area contributed by atoms with Crippen LogP contribution in [0.3, 0.4) is 0 Å². The normalized spacial score (nSPS) is 10.9. The number of sulfonamides is 1. The molecule has 1 aromatic carbocycles. The molecule has 0 saturated carbocycles. The predicted molar refractivity (Wildman–Crippen MR) is 77.6 cm³/mol. The van der Waals surface area contributed by atoms with Crippen LogP contribution in [0, 0.1) is 11.8 Å². The lowest BCUT2D eigenvalue weighted by Gasteiger charge is -2.05. The molecule has 1 heterocycles. The second-order valence-electron chi connectivity index (χ2n) is 4.16. The smallest absolute Gasteiger partial charge is 0.241 e. The van der Waals surface area contributed by atoms with Crippen molar-refractivity contribution in [2.45, 2.75) is 17.9 Å². The summed E-state index contributed by atoms with van der Waals surface area (Å²) < 4.78 is 26.8. The van der Waals surface area contributed by atoms with E-state index in [4.69, 9.17) is 5.11 Å². The van der Waals surface area contributed by atoms with Gasteiger partial charge in [-0.05, 0) is 18.2 Å². The molecule has 0 aliphatic rings. The van der Waals surface area contributed by atoms with Crippen LogP contribution in [0.5, 0.6) is 0 Å². The number of imidazole rings is 1. The molecule has 0 unspecified atom stereocenters. The number of rotatable bonds is 5. The van der Waals surface area contributed by atoms with Gasteiger partial charge in [0, 0.05) is 24.4 Å². The number of benzene rings is 1. The van der Waals surface area contributed by atoms with E-state index in [1.807, 2.05) is 0 Å². The van der Waals surface area contributed by atoms with Crippen LogP contribution < -0.4 is 4.72 Å². The van der Waals surface area contributed by atoms with Crippen LogP contribution in [0.15, 0.2) is 41.6 Å². The number of nitrogens with zero attached hydrogens (tertiary/aromatic N) is 1. The largest absolute Gasteiger partial charge is 0.395 e. The first-order valence-electron chi connectivity index (χ1n) is 6.29. The maximum absolute atomic E-state index is 12.2. The summed E-state index contributed by atoms with van der Waals surface area (Å²) in [5.74, 6) is 6.10. The number of hydrogen-bond acceptors (Lipinski definition) is 4. The third-order valence-electron chi connectivity index (χ3n) is 2.60. The number of H-pyrrole nitrogens is 1. The molecule has 0 amide bonds. The lowest BCUT2D eigenvalue weighted by molar-refractivity contribution is 0.305. The lowest BCUT2D eigenvalue weighted by Crippen LogP contribution is -2.23. The summed E-state index contributed by atoms with van der Waals surface area (Å²) in [5.41, 5.74) is 0.587. The molecule has 0 bridgehead atoms. The van der Waals surface area contributed by atoms with Crippen molar-refractivity contribution in [3.63, 3.8) is 0 Å². The van der Waals surface area contributed by atoms with E-state index in [-0.39, 0.29) is 18.0 Å². The quantitative estimate of drug-likeness (QED) is 0.706. The van der Waals surface area contributed by atoms with Crippen LogP contribution in [0.4, 0.5) is 0 Å². The van der Waals surface area contributed by atoms with Crippen molar-refractivity contribution in [3.8, 4) is 11.8 Å². The zero-order valence-electron chi connectivity index (χ0n) is 11.2. The second-order valence-corrected chi connectivity index (χ2v) is 5.93. The number of aromatic amines is 1. The van der Waals surface area contributed by atoms with E-state index in [9.17, 15) is 8.42 Å². The molecule has 110 valence electrons. The molecular weight excluding hydrogens is 290 g/mol. The molecule has 0 fully saturated rings. The van der Waals surface area contributed by atoms with Crippen LogP contribution in [0.2, 0.25) is 0 Å². The molecule has 21 heavy (non-hydrogen) atoms. The van der Waals surface area contributed by atoms with E-state index < -0.39 is 10.0 Å². The number of aromatic nitrogens is 2. The third-order valence-corrected chi connectivity index (χ3v) is 4.00. The van der Waals surface area contributed by atoms with E-state index >= 15 is 0 Å². The van der Waals surface area contributed by atoms with Crippen LogP contribution in [-0.2, 0) is 16.6 Å². The molecule has 3 N–H and O–H groups in total. The Kier molecular flexibility index (Phi) is 5.11. The number of aliphatic hydroxyl groups excluding tert-OH is 1. The highest BCUT2D eigenvalue weighted by Gasteiger charge is 2.14. The van der Waals surface area contributed by atoms with Crippen molar-refractivity contribution < 1.29 is 13.5 Å². The van der Waals surface area contributed by atoms with Crippen molar-refractivity contribution in [2.24, 2.45) is 0 Å². The molecule has 1 aromatic heterocycles. The van der Waals surface area contributed by atoms with E-state index in [1.165, 1.54) is 12.1 Å². The fourth-order valence-electron chi connectivity index (χ4n) is 1.60. The average Bonchev–Trinajstić information content (AvgIpc) is 2.99. The van der Waals surface area contributed by atoms with Gasteiger partial charge in [0.25, 0.3) is 0 Å². The van der Waals surface area contributed by atoms with Gasteiger partial charge < -0.3 is 10.1 Å². The summed E-state index contributed by atoms with van der Waals surface area (Å²) in [5, 5.41) is 8.67. The monoisotopic (exact) mass is 305 g/mol. The minimum atomic E-state index is -3.62. The molecule has 0 atom stereocenters. The van der Waals surface area contributed by atoms with Gasteiger partial charge in [-0.3, -0.25) is 0 Å². The van der Waals surface area contributed by atoms with Gasteiger partial charge in [0.2, 0.25) is 10.0 Å².